The van der Waals surface area contributed by atoms with Crippen LogP contribution in [0.5, 0.6) is 0 Å². The number of nitrogens with zero attached hydrogens (tertiary/aromatic N) is 3. The molecule has 1 aromatic rings. The smallest absolute Gasteiger partial charge is 0.0767 e. The van der Waals surface area contributed by atoms with Gasteiger partial charge >= 0.3 is 0 Å². The van der Waals surface area contributed by atoms with Crippen LogP contribution < -0.4 is 5.32 Å². The van der Waals surface area contributed by atoms with E-state index in [1.54, 1.807) is 0 Å². The van der Waals surface area contributed by atoms with Gasteiger partial charge in [-0.05, 0) is 42.1 Å². The fraction of sp³-hybridized carbons (Fsp3) is 0.812. The maximum absolute atomic E-state index is 4.64. The van der Waals surface area contributed by atoms with E-state index in [4.69, 9.17) is 0 Å². The highest BCUT2D eigenvalue weighted by atomic mass is 79.9. The van der Waals surface area contributed by atoms with Gasteiger partial charge in [-0.2, -0.15) is 5.10 Å². The van der Waals surface area contributed by atoms with Crippen molar-refractivity contribution in [2.75, 3.05) is 13.1 Å². The second-order valence-electron chi connectivity index (χ2n) is 6.81. The molecule has 2 heterocycles. The Morgan fingerprint density at radius 3 is 2.71 bits per heavy atom. The second kappa shape index (κ2) is 6.01. The lowest BCUT2D eigenvalue weighted by Crippen LogP contribution is -2.62. The third-order valence-corrected chi connectivity index (χ3v) is 6.23. The highest BCUT2D eigenvalue weighted by Gasteiger charge is 2.40. The van der Waals surface area contributed by atoms with Crippen LogP contribution in [0.2, 0.25) is 0 Å². The number of aryl methyl sites for hydroxylation is 2. The summed E-state index contributed by atoms with van der Waals surface area (Å²) in [6.07, 6.45) is 6.41. The van der Waals surface area contributed by atoms with Gasteiger partial charge in [0.25, 0.3) is 0 Å². The Morgan fingerprint density at radius 2 is 2.10 bits per heavy atom. The number of hydrogen-bond acceptors (Lipinski definition) is 3. The Morgan fingerprint density at radius 1 is 1.38 bits per heavy atom. The van der Waals surface area contributed by atoms with Gasteiger partial charge in [-0.15, -0.1) is 0 Å². The molecule has 1 atom stereocenters. The molecule has 0 bridgehead atoms. The molecular weight excluding hydrogens is 328 g/mol. The summed E-state index contributed by atoms with van der Waals surface area (Å²) in [5.41, 5.74) is 2.87. The third-order valence-electron chi connectivity index (χ3n) is 5.32. The summed E-state index contributed by atoms with van der Waals surface area (Å²) >= 11 is 3.76. The molecule has 4 nitrogen and oxygen atoms in total. The highest BCUT2D eigenvalue weighted by molar-refractivity contribution is 9.10. The van der Waals surface area contributed by atoms with Crippen LogP contribution in [0.25, 0.3) is 0 Å². The monoisotopic (exact) mass is 354 g/mol. The van der Waals surface area contributed by atoms with E-state index in [1.165, 1.54) is 48.1 Å². The summed E-state index contributed by atoms with van der Waals surface area (Å²) < 4.78 is 3.26. The average molecular weight is 355 g/mol. The Kier molecular flexibility index (Phi) is 4.44. The molecule has 5 heteroatoms. The normalized spacial score (nSPS) is 25.8. The minimum Gasteiger partial charge on any atom is -0.308 e. The zero-order valence-electron chi connectivity index (χ0n) is 13.5. The van der Waals surface area contributed by atoms with Gasteiger partial charge in [-0.3, -0.25) is 9.58 Å². The molecule has 2 aliphatic rings. The van der Waals surface area contributed by atoms with Crippen molar-refractivity contribution in [3.63, 3.8) is 0 Å². The van der Waals surface area contributed by atoms with Crippen LogP contribution in [-0.2, 0) is 20.0 Å². The quantitative estimate of drug-likeness (QED) is 0.905. The van der Waals surface area contributed by atoms with Crippen LogP contribution in [0.15, 0.2) is 4.47 Å². The van der Waals surface area contributed by atoms with Crippen molar-refractivity contribution in [1.82, 2.24) is 20.0 Å². The molecule has 1 aromatic heterocycles. The van der Waals surface area contributed by atoms with Crippen molar-refractivity contribution in [3.05, 3.63) is 15.9 Å². The number of rotatable bonds is 3. The lowest BCUT2D eigenvalue weighted by molar-refractivity contribution is 0.0803. The zero-order chi connectivity index (χ0) is 15.0. The number of nitrogens with one attached hydrogen (secondary N) is 1. The predicted octanol–water partition coefficient (Wildman–Crippen LogP) is 2.85. The Hall–Kier alpha value is -0.390. The first kappa shape index (κ1) is 15.5. The Bertz CT molecular complexity index is 505. The van der Waals surface area contributed by atoms with Gasteiger partial charge in [-0.1, -0.05) is 19.8 Å². The molecule has 1 aliphatic carbocycles. The molecule has 3 rings (SSSR count). The lowest BCUT2D eigenvalue weighted by Gasteiger charge is -2.45. The third kappa shape index (κ3) is 2.92. The van der Waals surface area contributed by atoms with Crippen LogP contribution >= 0.6 is 15.9 Å². The maximum atomic E-state index is 4.64. The minimum absolute atomic E-state index is 0.380. The van der Waals surface area contributed by atoms with Crippen molar-refractivity contribution in [2.45, 2.75) is 64.1 Å². The van der Waals surface area contributed by atoms with E-state index in [-0.39, 0.29) is 0 Å². The summed E-state index contributed by atoms with van der Waals surface area (Å²) in [4.78, 5) is 2.64. The van der Waals surface area contributed by atoms with Crippen LogP contribution in [-0.4, -0.2) is 39.4 Å². The van der Waals surface area contributed by atoms with Crippen molar-refractivity contribution >= 4 is 15.9 Å². The van der Waals surface area contributed by atoms with Gasteiger partial charge in [-0.25, -0.2) is 0 Å². The molecule has 0 aromatic carbocycles. The van der Waals surface area contributed by atoms with E-state index in [0.29, 0.717) is 11.6 Å². The van der Waals surface area contributed by atoms with Gasteiger partial charge in [0.2, 0.25) is 0 Å². The average Bonchev–Trinajstić information content (AvgIpc) is 3.03. The molecule has 0 amide bonds. The molecule has 1 saturated carbocycles. The zero-order valence-corrected chi connectivity index (χ0v) is 15.0. The van der Waals surface area contributed by atoms with E-state index in [0.717, 1.165) is 19.5 Å². The molecule has 1 aliphatic heterocycles. The molecule has 1 spiro atoms. The number of piperazine rings is 1. The Labute approximate surface area is 136 Å². The van der Waals surface area contributed by atoms with E-state index < -0.39 is 0 Å². The predicted molar refractivity (Wildman–Crippen MR) is 89.4 cm³/mol. The van der Waals surface area contributed by atoms with Crippen molar-refractivity contribution in [1.29, 1.82) is 0 Å². The van der Waals surface area contributed by atoms with Gasteiger partial charge in [0.05, 0.1) is 15.9 Å². The molecule has 21 heavy (non-hydrogen) atoms. The summed E-state index contributed by atoms with van der Waals surface area (Å²) in [5.74, 6) is 0. The largest absolute Gasteiger partial charge is 0.308 e. The van der Waals surface area contributed by atoms with E-state index in [2.05, 4.69) is 56.8 Å². The molecule has 1 N–H and O–H groups in total. The number of hydrogen-bond donors (Lipinski definition) is 1. The van der Waals surface area contributed by atoms with Gasteiger partial charge in [0.1, 0.15) is 0 Å². The molecular formula is C16H27BrN4. The molecule has 1 saturated heterocycles. The fourth-order valence-corrected chi connectivity index (χ4v) is 4.62. The van der Waals surface area contributed by atoms with E-state index in [9.17, 15) is 0 Å². The van der Waals surface area contributed by atoms with Gasteiger partial charge < -0.3 is 5.32 Å². The fourth-order valence-electron chi connectivity index (χ4n) is 3.88. The summed E-state index contributed by atoms with van der Waals surface area (Å²) in [5, 5.41) is 8.47. The number of halogens is 1. The standard InChI is InChI=1S/C16H27BrN4/c1-4-13-15(17)14(20(3)19-13)10-21-11-16(7-5-6-8-16)18-9-12(21)2/h12,18H,4-11H2,1-3H3. The maximum Gasteiger partial charge on any atom is 0.0767 e. The minimum atomic E-state index is 0.380. The molecule has 2 fully saturated rings. The van der Waals surface area contributed by atoms with E-state index >= 15 is 0 Å². The van der Waals surface area contributed by atoms with Crippen LogP contribution in [0, 0.1) is 0 Å². The topological polar surface area (TPSA) is 33.1 Å². The van der Waals surface area contributed by atoms with Crippen LogP contribution in [0.1, 0.15) is 50.9 Å². The molecule has 0 radical (unpaired) electrons. The van der Waals surface area contributed by atoms with Crippen molar-refractivity contribution in [3.8, 4) is 0 Å². The second-order valence-corrected chi connectivity index (χ2v) is 7.60. The van der Waals surface area contributed by atoms with Crippen molar-refractivity contribution in [2.24, 2.45) is 7.05 Å². The summed E-state index contributed by atoms with van der Waals surface area (Å²) in [6.45, 7) is 7.77. The molecule has 118 valence electrons. The first-order chi connectivity index (χ1) is 10.0. The van der Waals surface area contributed by atoms with E-state index in [1.807, 2.05) is 0 Å². The lowest BCUT2D eigenvalue weighted by atomic mass is 9.92. The van der Waals surface area contributed by atoms with Crippen LogP contribution in [0.4, 0.5) is 0 Å². The van der Waals surface area contributed by atoms with Gasteiger partial charge in [0.15, 0.2) is 0 Å². The SMILES string of the molecule is CCc1nn(C)c(CN2CC3(CCCC3)NCC2C)c1Br. The van der Waals surface area contributed by atoms with Crippen molar-refractivity contribution < 1.29 is 0 Å². The Balaban J connectivity index is 1.78. The summed E-state index contributed by atoms with van der Waals surface area (Å²) in [7, 11) is 2.07. The first-order valence-corrected chi connectivity index (χ1v) is 9.03. The van der Waals surface area contributed by atoms with Crippen LogP contribution in [0.3, 0.4) is 0 Å². The van der Waals surface area contributed by atoms with Gasteiger partial charge in [0, 0.05) is 38.3 Å². The highest BCUT2D eigenvalue weighted by Crippen LogP contribution is 2.34. The molecule has 1 unspecified atom stereocenters. The summed E-state index contributed by atoms with van der Waals surface area (Å²) in [6, 6.07) is 0.586. The number of aromatic nitrogens is 2. The first-order valence-electron chi connectivity index (χ1n) is 8.24.